The van der Waals surface area contributed by atoms with E-state index in [1.54, 1.807) is 12.1 Å². The summed E-state index contributed by atoms with van der Waals surface area (Å²) < 4.78 is 6.34. The largest absolute Gasteiger partial charge is 0.478 e. The molecule has 1 aliphatic carbocycles. The van der Waals surface area contributed by atoms with Crippen molar-refractivity contribution in [1.82, 2.24) is 0 Å². The molecule has 0 bridgehead atoms. The van der Waals surface area contributed by atoms with Crippen molar-refractivity contribution in [2.24, 2.45) is 4.99 Å². The van der Waals surface area contributed by atoms with E-state index >= 15 is 0 Å². The van der Waals surface area contributed by atoms with Crippen LogP contribution in [0.2, 0.25) is 0 Å². The molecule has 2 aromatic rings. The maximum atomic E-state index is 12.0. The molecular weight excluding hydrogens is 412 g/mol. The number of aromatic carboxylic acids is 1. The maximum absolute atomic E-state index is 12.0. The lowest BCUT2D eigenvalue weighted by molar-refractivity contribution is 0.0697. The van der Waals surface area contributed by atoms with Crippen molar-refractivity contribution in [1.29, 1.82) is 0 Å². The van der Waals surface area contributed by atoms with E-state index in [1.165, 1.54) is 0 Å². The van der Waals surface area contributed by atoms with Crippen molar-refractivity contribution < 1.29 is 14.3 Å². The van der Waals surface area contributed by atoms with Crippen LogP contribution in [0.25, 0.3) is 33.4 Å². The second-order valence-corrected chi connectivity index (χ2v) is 7.34. The number of carboxylic acid groups (broad SMARTS) is 1. The Morgan fingerprint density at radius 2 is 1.67 bits per heavy atom. The standard InChI is InChI=1S/C26H26N2O3.C2H6/c1-4-27-17-11-13-21-23(15-17)31-24-16-18(28(5-2)6-3)12-14-22(24)25(21)19-9-7-8-10-20(19)26(29)30;1-2/h7-16H,4-6H2,1-3H3,(H,29,30);1-2H3. The van der Waals surface area contributed by atoms with Gasteiger partial charge in [0.05, 0.1) is 10.9 Å². The van der Waals surface area contributed by atoms with E-state index in [1.807, 2.05) is 63.2 Å². The molecule has 0 aromatic heterocycles. The monoisotopic (exact) mass is 444 g/mol. The Bertz CT molecular complexity index is 1290. The van der Waals surface area contributed by atoms with Gasteiger partial charge in [-0.15, -0.1) is 0 Å². The van der Waals surface area contributed by atoms with E-state index in [2.05, 4.69) is 29.8 Å². The molecule has 1 N–H and O–H groups in total. The van der Waals surface area contributed by atoms with Crippen LogP contribution in [0.3, 0.4) is 0 Å². The Labute approximate surface area is 195 Å². The zero-order valence-corrected chi connectivity index (χ0v) is 20.1. The molecule has 2 aromatic carbocycles. The minimum absolute atomic E-state index is 0.270. The van der Waals surface area contributed by atoms with Crippen molar-refractivity contribution in [3.8, 4) is 22.5 Å². The first-order valence-electron chi connectivity index (χ1n) is 11.7. The van der Waals surface area contributed by atoms with E-state index in [0.717, 1.165) is 46.2 Å². The topological polar surface area (TPSA) is 66.0 Å². The lowest BCUT2D eigenvalue weighted by Gasteiger charge is -2.22. The average molecular weight is 445 g/mol. The summed E-state index contributed by atoms with van der Waals surface area (Å²) in [5.74, 6) is -0.260. The molecule has 0 spiro atoms. The summed E-state index contributed by atoms with van der Waals surface area (Å²) in [6, 6.07) is 19.1. The molecule has 0 radical (unpaired) electrons. The van der Waals surface area contributed by atoms with Gasteiger partial charge in [0.15, 0.2) is 0 Å². The second kappa shape index (κ2) is 10.8. The molecule has 5 nitrogen and oxygen atoms in total. The van der Waals surface area contributed by atoms with Gasteiger partial charge in [-0.05, 0) is 56.7 Å². The third-order valence-electron chi connectivity index (χ3n) is 5.59. The molecular formula is C28H32N2O3. The number of hydrogen-bond donors (Lipinski definition) is 1. The molecule has 5 heteroatoms. The fraction of sp³-hybridized carbons (Fsp3) is 0.286. The number of fused-ring (bicyclic) bond motifs is 2. The minimum Gasteiger partial charge on any atom is -0.478 e. The van der Waals surface area contributed by atoms with E-state index in [4.69, 9.17) is 4.42 Å². The van der Waals surface area contributed by atoms with Crippen LogP contribution in [-0.4, -0.2) is 30.7 Å². The first-order chi connectivity index (χ1) is 16.1. The highest BCUT2D eigenvalue weighted by Crippen LogP contribution is 2.42. The molecule has 4 rings (SSSR count). The molecule has 33 heavy (non-hydrogen) atoms. The van der Waals surface area contributed by atoms with Gasteiger partial charge in [-0.3, -0.25) is 4.99 Å². The Morgan fingerprint density at radius 1 is 0.939 bits per heavy atom. The number of hydrogen-bond acceptors (Lipinski definition) is 4. The summed E-state index contributed by atoms with van der Waals surface area (Å²) in [6.45, 7) is 12.7. The molecule has 0 fully saturated rings. The number of anilines is 1. The van der Waals surface area contributed by atoms with Gasteiger partial charge in [-0.1, -0.05) is 32.0 Å². The minimum atomic E-state index is -0.949. The summed E-state index contributed by atoms with van der Waals surface area (Å²) in [5, 5.41) is 11.6. The van der Waals surface area contributed by atoms with Gasteiger partial charge in [0.2, 0.25) is 0 Å². The first kappa shape index (κ1) is 24.1. The molecule has 0 unspecified atom stereocenters. The molecule has 0 saturated carbocycles. The van der Waals surface area contributed by atoms with E-state index in [9.17, 15) is 9.90 Å². The Kier molecular flexibility index (Phi) is 7.88. The smallest absolute Gasteiger partial charge is 0.336 e. The number of nitrogens with zero attached hydrogens (tertiary/aromatic N) is 2. The van der Waals surface area contributed by atoms with E-state index < -0.39 is 5.97 Å². The van der Waals surface area contributed by atoms with Crippen LogP contribution >= 0.6 is 0 Å². The SMILES string of the molecule is CC.CCN=c1ccc2c(-c3ccccc3C(=O)O)c3ccc(N(CC)CC)cc3oc-2c1. The zero-order chi connectivity index (χ0) is 24.0. The van der Waals surface area contributed by atoms with Gasteiger partial charge in [0.25, 0.3) is 0 Å². The van der Waals surface area contributed by atoms with Crippen LogP contribution in [0, 0.1) is 0 Å². The van der Waals surface area contributed by atoms with Crippen LogP contribution < -0.4 is 10.3 Å². The summed E-state index contributed by atoms with van der Waals surface area (Å²) in [5.41, 5.74) is 4.48. The van der Waals surface area contributed by atoms with Crippen molar-refractivity contribution in [3.63, 3.8) is 0 Å². The third-order valence-corrected chi connectivity index (χ3v) is 5.59. The van der Waals surface area contributed by atoms with Gasteiger partial charge in [0, 0.05) is 54.0 Å². The molecule has 2 aliphatic rings. The Hall–Kier alpha value is -3.60. The molecule has 0 saturated heterocycles. The molecule has 0 amide bonds. The predicted octanol–water partition coefficient (Wildman–Crippen LogP) is 6.70. The summed E-state index contributed by atoms with van der Waals surface area (Å²) >= 11 is 0. The van der Waals surface area contributed by atoms with E-state index in [0.29, 0.717) is 17.9 Å². The van der Waals surface area contributed by atoms with E-state index in [-0.39, 0.29) is 5.56 Å². The summed E-state index contributed by atoms with van der Waals surface area (Å²) in [7, 11) is 0. The highest BCUT2D eigenvalue weighted by Gasteiger charge is 2.21. The van der Waals surface area contributed by atoms with Crippen LogP contribution in [0.5, 0.6) is 0 Å². The lowest BCUT2D eigenvalue weighted by atomic mass is 9.90. The summed E-state index contributed by atoms with van der Waals surface area (Å²) in [4.78, 5) is 18.7. The number of rotatable bonds is 6. The average Bonchev–Trinajstić information content (AvgIpc) is 2.84. The maximum Gasteiger partial charge on any atom is 0.336 e. The fourth-order valence-electron chi connectivity index (χ4n) is 4.11. The van der Waals surface area contributed by atoms with Gasteiger partial charge in [-0.25, -0.2) is 4.79 Å². The van der Waals surface area contributed by atoms with Crippen LogP contribution in [0.15, 0.2) is 70.1 Å². The first-order valence-corrected chi connectivity index (χ1v) is 11.7. The quantitative estimate of drug-likeness (QED) is 0.336. The highest BCUT2D eigenvalue weighted by molar-refractivity contribution is 6.07. The van der Waals surface area contributed by atoms with Crippen molar-refractivity contribution >= 4 is 22.6 Å². The van der Waals surface area contributed by atoms with Crippen molar-refractivity contribution in [3.05, 3.63) is 71.6 Å². The third kappa shape index (κ3) is 4.77. The Morgan fingerprint density at radius 3 is 2.33 bits per heavy atom. The van der Waals surface area contributed by atoms with Crippen LogP contribution in [-0.2, 0) is 0 Å². The van der Waals surface area contributed by atoms with Crippen molar-refractivity contribution in [2.45, 2.75) is 34.6 Å². The molecule has 172 valence electrons. The van der Waals surface area contributed by atoms with Gasteiger partial charge < -0.3 is 14.4 Å². The van der Waals surface area contributed by atoms with Gasteiger partial charge in [-0.2, -0.15) is 0 Å². The van der Waals surface area contributed by atoms with Crippen LogP contribution in [0.1, 0.15) is 45.0 Å². The summed E-state index contributed by atoms with van der Waals surface area (Å²) in [6.07, 6.45) is 0. The normalized spacial score (nSPS) is 11.4. The van der Waals surface area contributed by atoms with Crippen molar-refractivity contribution in [2.75, 3.05) is 24.5 Å². The van der Waals surface area contributed by atoms with Gasteiger partial charge in [0.1, 0.15) is 11.3 Å². The second-order valence-electron chi connectivity index (χ2n) is 7.34. The number of benzene rings is 3. The van der Waals surface area contributed by atoms with Crippen LogP contribution in [0.4, 0.5) is 5.69 Å². The number of carboxylic acids is 1. The molecule has 1 heterocycles. The highest BCUT2D eigenvalue weighted by atomic mass is 16.4. The zero-order valence-electron chi connectivity index (χ0n) is 20.1. The molecule has 0 atom stereocenters. The molecule has 1 aliphatic heterocycles. The lowest BCUT2D eigenvalue weighted by Crippen LogP contribution is -2.21. The Balaban J connectivity index is 0.00000149. The van der Waals surface area contributed by atoms with Gasteiger partial charge >= 0.3 is 5.97 Å². The fourth-order valence-corrected chi connectivity index (χ4v) is 4.11. The number of carbonyl (C=O) groups is 1. The predicted molar refractivity (Wildman–Crippen MR) is 136 cm³/mol.